The molecule has 1 rings (SSSR count). The number of rotatable bonds is 2. The lowest BCUT2D eigenvalue weighted by Gasteiger charge is -2.22. The Kier molecular flexibility index (Phi) is 2.98. The minimum Gasteiger partial charge on any atom is -0.314 e. The molecule has 0 aliphatic carbocycles. The van der Waals surface area contributed by atoms with Crippen LogP contribution < -0.4 is 4.31 Å². The fourth-order valence-electron chi connectivity index (χ4n) is 0.974. The van der Waals surface area contributed by atoms with E-state index in [-0.39, 0.29) is 0 Å². The minimum atomic E-state index is 0.385. The summed E-state index contributed by atoms with van der Waals surface area (Å²) in [7, 11) is 0. The highest BCUT2D eigenvalue weighted by Crippen LogP contribution is 2.21. The first-order valence-electron chi connectivity index (χ1n) is 4.01. The molecule has 0 aliphatic heterocycles. The molecule has 0 aromatic carbocycles. The van der Waals surface area contributed by atoms with Crippen LogP contribution in [0, 0.1) is 6.92 Å². The molecule has 1 aromatic rings. The van der Waals surface area contributed by atoms with E-state index in [0.717, 1.165) is 5.69 Å². The highest BCUT2D eigenvalue weighted by Gasteiger charge is 2.07. The molecule has 0 saturated carbocycles. The Morgan fingerprint density at radius 1 is 1.50 bits per heavy atom. The van der Waals surface area contributed by atoms with Gasteiger partial charge < -0.3 is 4.31 Å². The molecule has 3 heteroatoms. The highest BCUT2D eigenvalue weighted by molar-refractivity contribution is 7.81. The quantitative estimate of drug-likeness (QED) is 0.707. The molecule has 0 unspecified atom stereocenters. The minimum absolute atomic E-state index is 0.385. The first-order valence-corrected chi connectivity index (χ1v) is 4.41. The Morgan fingerprint density at radius 3 is 2.67 bits per heavy atom. The Hall–Kier alpha value is -0.700. The van der Waals surface area contributed by atoms with E-state index >= 15 is 0 Å². The van der Waals surface area contributed by atoms with E-state index in [9.17, 15) is 0 Å². The zero-order valence-electron chi connectivity index (χ0n) is 7.65. The molecule has 0 amide bonds. The summed E-state index contributed by atoms with van der Waals surface area (Å²) in [6.07, 6.45) is 3.63. The van der Waals surface area contributed by atoms with Gasteiger partial charge in [0.25, 0.3) is 0 Å². The maximum atomic E-state index is 4.38. The SMILES string of the molecule is Cc1ccncc1N(S)C(C)C. The lowest BCUT2D eigenvalue weighted by atomic mass is 10.2. The molecule has 0 atom stereocenters. The molecule has 0 fully saturated rings. The largest absolute Gasteiger partial charge is 0.314 e. The number of aryl methyl sites for hydroxylation is 1. The van der Waals surface area contributed by atoms with Gasteiger partial charge in [-0.3, -0.25) is 4.98 Å². The monoisotopic (exact) mass is 182 g/mol. The van der Waals surface area contributed by atoms with E-state index in [1.165, 1.54) is 5.56 Å². The molecular weight excluding hydrogens is 168 g/mol. The van der Waals surface area contributed by atoms with Gasteiger partial charge in [0.2, 0.25) is 0 Å². The lowest BCUT2D eigenvalue weighted by molar-refractivity contribution is 0.835. The molecule has 0 spiro atoms. The summed E-state index contributed by atoms with van der Waals surface area (Å²) in [6.45, 7) is 6.25. The van der Waals surface area contributed by atoms with Crippen LogP contribution in [0.1, 0.15) is 19.4 Å². The summed E-state index contributed by atoms with van der Waals surface area (Å²) < 4.78 is 1.92. The van der Waals surface area contributed by atoms with Crippen LogP contribution in [0.2, 0.25) is 0 Å². The van der Waals surface area contributed by atoms with Gasteiger partial charge in [-0.15, -0.1) is 0 Å². The van der Waals surface area contributed by atoms with Crippen LogP contribution in [0.3, 0.4) is 0 Å². The van der Waals surface area contributed by atoms with Crippen molar-refractivity contribution >= 4 is 18.5 Å². The molecule has 66 valence electrons. The first kappa shape index (κ1) is 9.39. The van der Waals surface area contributed by atoms with E-state index in [1.54, 1.807) is 6.20 Å². The van der Waals surface area contributed by atoms with E-state index in [2.05, 4.69) is 38.6 Å². The Labute approximate surface area is 79.2 Å². The van der Waals surface area contributed by atoms with Crippen molar-refractivity contribution in [2.24, 2.45) is 0 Å². The summed E-state index contributed by atoms with van der Waals surface area (Å²) in [6, 6.07) is 2.37. The second-order valence-electron chi connectivity index (χ2n) is 3.10. The summed E-state index contributed by atoms with van der Waals surface area (Å²) in [5.41, 5.74) is 2.28. The van der Waals surface area contributed by atoms with E-state index in [0.29, 0.717) is 6.04 Å². The van der Waals surface area contributed by atoms with Gasteiger partial charge in [0.1, 0.15) is 0 Å². The second-order valence-corrected chi connectivity index (χ2v) is 3.53. The van der Waals surface area contributed by atoms with Crippen LogP contribution in [0.15, 0.2) is 18.5 Å². The van der Waals surface area contributed by atoms with Crippen molar-refractivity contribution in [2.75, 3.05) is 4.31 Å². The van der Waals surface area contributed by atoms with Crippen molar-refractivity contribution in [3.05, 3.63) is 24.0 Å². The number of anilines is 1. The summed E-state index contributed by atoms with van der Waals surface area (Å²) in [5, 5.41) is 0. The van der Waals surface area contributed by atoms with E-state index in [4.69, 9.17) is 0 Å². The summed E-state index contributed by atoms with van der Waals surface area (Å²) >= 11 is 4.38. The predicted molar refractivity (Wildman–Crippen MR) is 55.6 cm³/mol. The summed E-state index contributed by atoms with van der Waals surface area (Å²) in [4.78, 5) is 4.06. The van der Waals surface area contributed by atoms with Crippen molar-refractivity contribution in [3.8, 4) is 0 Å². The zero-order valence-corrected chi connectivity index (χ0v) is 8.55. The van der Waals surface area contributed by atoms with Crippen LogP contribution in [-0.2, 0) is 0 Å². The highest BCUT2D eigenvalue weighted by atomic mass is 32.1. The lowest BCUT2D eigenvalue weighted by Crippen LogP contribution is -2.20. The van der Waals surface area contributed by atoms with Crippen LogP contribution in [0.5, 0.6) is 0 Å². The van der Waals surface area contributed by atoms with Gasteiger partial charge in [-0.2, -0.15) is 0 Å². The number of nitrogens with zero attached hydrogens (tertiary/aromatic N) is 2. The van der Waals surface area contributed by atoms with Crippen LogP contribution in [0.4, 0.5) is 5.69 Å². The van der Waals surface area contributed by atoms with Gasteiger partial charge >= 0.3 is 0 Å². The number of aromatic nitrogens is 1. The average Bonchev–Trinajstić information content (AvgIpc) is 2.04. The van der Waals surface area contributed by atoms with Crippen molar-refractivity contribution in [1.29, 1.82) is 0 Å². The van der Waals surface area contributed by atoms with E-state index < -0.39 is 0 Å². The Balaban J connectivity index is 2.94. The maximum absolute atomic E-state index is 4.38. The van der Waals surface area contributed by atoms with Gasteiger partial charge in [0, 0.05) is 12.2 Å². The smallest absolute Gasteiger partial charge is 0.0682 e. The third kappa shape index (κ3) is 1.91. The topological polar surface area (TPSA) is 16.1 Å². The van der Waals surface area contributed by atoms with Gasteiger partial charge in [-0.25, -0.2) is 0 Å². The molecule has 1 heterocycles. The third-order valence-electron chi connectivity index (χ3n) is 1.75. The maximum Gasteiger partial charge on any atom is 0.0682 e. The van der Waals surface area contributed by atoms with Crippen LogP contribution >= 0.6 is 12.8 Å². The molecular formula is C9H14N2S. The Morgan fingerprint density at radius 2 is 2.17 bits per heavy atom. The number of thiol groups is 1. The molecule has 2 nitrogen and oxygen atoms in total. The van der Waals surface area contributed by atoms with Gasteiger partial charge in [0.15, 0.2) is 0 Å². The predicted octanol–water partition coefficient (Wildman–Crippen LogP) is 2.45. The summed E-state index contributed by atoms with van der Waals surface area (Å²) in [5.74, 6) is 0. The van der Waals surface area contributed by atoms with Gasteiger partial charge in [-0.05, 0) is 32.4 Å². The first-order chi connectivity index (χ1) is 5.63. The molecule has 0 aliphatic rings. The Bertz CT molecular complexity index is 260. The number of hydrogen-bond acceptors (Lipinski definition) is 3. The van der Waals surface area contributed by atoms with E-state index in [1.807, 2.05) is 16.6 Å². The van der Waals surface area contributed by atoms with Crippen molar-refractivity contribution in [3.63, 3.8) is 0 Å². The van der Waals surface area contributed by atoms with Crippen molar-refractivity contribution in [1.82, 2.24) is 4.98 Å². The molecule has 0 saturated heterocycles. The van der Waals surface area contributed by atoms with Crippen molar-refractivity contribution in [2.45, 2.75) is 26.8 Å². The van der Waals surface area contributed by atoms with Crippen LogP contribution in [-0.4, -0.2) is 11.0 Å². The zero-order chi connectivity index (χ0) is 9.14. The second kappa shape index (κ2) is 3.81. The molecule has 12 heavy (non-hydrogen) atoms. The molecule has 0 N–H and O–H groups in total. The number of hydrogen-bond donors (Lipinski definition) is 1. The standard InChI is InChI=1S/C9H14N2S/c1-7(2)11(12)9-6-10-5-4-8(9)3/h4-7,12H,1-3H3. The van der Waals surface area contributed by atoms with Crippen molar-refractivity contribution < 1.29 is 0 Å². The third-order valence-corrected chi connectivity index (χ3v) is 2.42. The van der Waals surface area contributed by atoms with Crippen LogP contribution in [0.25, 0.3) is 0 Å². The molecule has 0 bridgehead atoms. The molecule has 0 radical (unpaired) electrons. The fraction of sp³-hybridized carbons (Fsp3) is 0.444. The fourth-order valence-corrected chi connectivity index (χ4v) is 1.18. The average molecular weight is 182 g/mol. The van der Waals surface area contributed by atoms with Gasteiger partial charge in [-0.1, -0.05) is 12.8 Å². The molecule has 1 aromatic heterocycles. The van der Waals surface area contributed by atoms with Gasteiger partial charge in [0.05, 0.1) is 11.9 Å². The normalized spacial score (nSPS) is 10.4. The number of pyridine rings is 1.